The van der Waals surface area contributed by atoms with E-state index in [4.69, 9.17) is 4.74 Å². The summed E-state index contributed by atoms with van der Waals surface area (Å²) >= 11 is 0. The fourth-order valence-electron chi connectivity index (χ4n) is 1.69. The van der Waals surface area contributed by atoms with Crippen LogP contribution in [0.3, 0.4) is 0 Å². The zero-order valence-electron chi connectivity index (χ0n) is 11.6. The van der Waals surface area contributed by atoms with E-state index in [1.54, 1.807) is 6.07 Å². The van der Waals surface area contributed by atoms with E-state index in [0.29, 0.717) is 5.56 Å². The van der Waals surface area contributed by atoms with E-state index < -0.39 is 15.8 Å². The summed E-state index contributed by atoms with van der Waals surface area (Å²) in [4.78, 5) is 31.7. The lowest BCUT2D eigenvalue weighted by molar-refractivity contribution is -0.385. The van der Waals surface area contributed by atoms with Gasteiger partial charge in [-0.15, -0.1) is 0 Å². The third kappa shape index (κ3) is 4.46. The highest BCUT2D eigenvalue weighted by atomic mass is 16.6. The molecule has 0 aliphatic heterocycles. The number of benzene rings is 2. The summed E-state index contributed by atoms with van der Waals surface area (Å²) in [5, 5.41) is 21.2. The molecule has 0 saturated heterocycles. The van der Waals surface area contributed by atoms with Crippen molar-refractivity contribution in [3.63, 3.8) is 0 Å². The maximum absolute atomic E-state index is 11.6. The topological polar surface area (TPSA) is 113 Å². The first kappa shape index (κ1) is 15.8. The van der Waals surface area contributed by atoms with Gasteiger partial charge in [0.05, 0.1) is 9.85 Å². The molecule has 0 N–H and O–H groups in total. The molecule has 0 heterocycles. The summed E-state index contributed by atoms with van der Waals surface area (Å²) in [5.41, 5.74) is 0.271. The number of non-ortho nitro benzene ring substituents is 2. The van der Waals surface area contributed by atoms with Crippen LogP contribution in [0.1, 0.15) is 5.56 Å². The van der Waals surface area contributed by atoms with Gasteiger partial charge in [0.15, 0.2) is 0 Å². The molecule has 23 heavy (non-hydrogen) atoms. The maximum Gasteiger partial charge on any atom is 0.336 e. The van der Waals surface area contributed by atoms with Crippen molar-refractivity contribution in [2.24, 2.45) is 0 Å². The van der Waals surface area contributed by atoms with Crippen LogP contribution in [0.4, 0.5) is 11.4 Å². The second kappa shape index (κ2) is 6.94. The third-order valence-corrected chi connectivity index (χ3v) is 2.76. The van der Waals surface area contributed by atoms with Gasteiger partial charge in [-0.3, -0.25) is 20.2 Å². The number of nitro benzene ring substituents is 2. The third-order valence-electron chi connectivity index (χ3n) is 2.76. The van der Waals surface area contributed by atoms with Crippen molar-refractivity contribution in [3.05, 3.63) is 80.4 Å². The molecule has 8 heteroatoms. The van der Waals surface area contributed by atoms with Gasteiger partial charge in [0.2, 0.25) is 0 Å². The van der Waals surface area contributed by atoms with E-state index in [0.717, 1.165) is 6.08 Å². The van der Waals surface area contributed by atoms with Crippen molar-refractivity contribution in [3.8, 4) is 5.75 Å². The highest BCUT2D eigenvalue weighted by molar-refractivity contribution is 5.88. The van der Waals surface area contributed by atoms with Crippen LogP contribution in [0, 0.1) is 20.2 Å². The van der Waals surface area contributed by atoms with E-state index in [1.165, 1.54) is 48.5 Å². The summed E-state index contributed by atoms with van der Waals surface area (Å²) in [6, 6.07) is 10.8. The molecule has 0 aromatic heterocycles. The van der Waals surface area contributed by atoms with Gasteiger partial charge in [-0.2, -0.15) is 0 Å². The molecule has 0 amide bonds. The molecule has 0 aliphatic rings. The van der Waals surface area contributed by atoms with Crippen LogP contribution in [-0.4, -0.2) is 15.8 Å². The quantitative estimate of drug-likeness (QED) is 0.275. The summed E-state index contributed by atoms with van der Waals surface area (Å²) in [7, 11) is 0. The molecule has 2 aromatic rings. The first-order valence-corrected chi connectivity index (χ1v) is 6.34. The number of rotatable bonds is 5. The molecule has 0 saturated carbocycles. The van der Waals surface area contributed by atoms with Crippen molar-refractivity contribution >= 4 is 23.4 Å². The molecule has 2 rings (SSSR count). The summed E-state index contributed by atoms with van der Waals surface area (Å²) in [6.07, 6.45) is 2.49. The molecule has 8 nitrogen and oxygen atoms in total. The fraction of sp³-hybridized carbons (Fsp3) is 0. The molecule has 116 valence electrons. The van der Waals surface area contributed by atoms with Crippen LogP contribution in [0.2, 0.25) is 0 Å². The Morgan fingerprint density at radius 2 is 1.61 bits per heavy atom. The zero-order valence-corrected chi connectivity index (χ0v) is 11.6. The lowest BCUT2D eigenvalue weighted by Crippen LogP contribution is -2.03. The van der Waals surface area contributed by atoms with Crippen molar-refractivity contribution in [2.45, 2.75) is 0 Å². The minimum Gasteiger partial charge on any atom is -0.423 e. The Kier molecular flexibility index (Phi) is 4.78. The molecule has 0 aliphatic carbocycles. The number of esters is 1. The standard InChI is InChI=1S/C15H10N2O6/c18-15(23-14-7-5-12(6-8-14)16(19)20)9-4-11-2-1-3-13(10-11)17(21)22/h1-10H/b9-4+. The number of carbonyl (C=O) groups is 1. The van der Waals surface area contributed by atoms with Crippen molar-refractivity contribution in [1.29, 1.82) is 0 Å². The van der Waals surface area contributed by atoms with E-state index in [9.17, 15) is 25.0 Å². The van der Waals surface area contributed by atoms with Crippen LogP contribution >= 0.6 is 0 Å². The average Bonchev–Trinajstić information content (AvgIpc) is 2.53. The summed E-state index contributed by atoms with van der Waals surface area (Å²) in [5.74, 6) is -0.547. The highest BCUT2D eigenvalue weighted by Gasteiger charge is 2.07. The van der Waals surface area contributed by atoms with E-state index >= 15 is 0 Å². The number of nitro groups is 2. The Morgan fingerprint density at radius 3 is 2.22 bits per heavy atom. The Labute approximate surface area is 129 Å². The van der Waals surface area contributed by atoms with Gasteiger partial charge in [-0.05, 0) is 23.8 Å². The number of ether oxygens (including phenoxy) is 1. The molecule has 2 aromatic carbocycles. The maximum atomic E-state index is 11.6. The Balaban J connectivity index is 2.02. The van der Waals surface area contributed by atoms with Gasteiger partial charge in [0, 0.05) is 30.3 Å². The van der Waals surface area contributed by atoms with Crippen LogP contribution in [0.5, 0.6) is 5.75 Å². The molecular formula is C15H10N2O6. The van der Waals surface area contributed by atoms with Crippen LogP contribution in [0.15, 0.2) is 54.6 Å². The molecule has 0 radical (unpaired) electrons. The van der Waals surface area contributed by atoms with Crippen LogP contribution < -0.4 is 4.74 Å². The van der Waals surface area contributed by atoms with Crippen LogP contribution in [0.25, 0.3) is 6.08 Å². The lowest BCUT2D eigenvalue weighted by Gasteiger charge is -2.00. The SMILES string of the molecule is O=C(/C=C/c1cccc([N+](=O)[O-])c1)Oc1ccc([N+](=O)[O-])cc1. The minimum atomic E-state index is -0.703. The zero-order chi connectivity index (χ0) is 16.8. The normalized spacial score (nSPS) is 10.4. The van der Waals surface area contributed by atoms with Gasteiger partial charge in [-0.1, -0.05) is 12.1 Å². The first-order chi connectivity index (χ1) is 11.0. The fourth-order valence-corrected chi connectivity index (χ4v) is 1.69. The van der Waals surface area contributed by atoms with E-state index in [1.807, 2.05) is 0 Å². The number of hydrogen-bond donors (Lipinski definition) is 0. The molecule has 0 spiro atoms. The van der Waals surface area contributed by atoms with E-state index in [-0.39, 0.29) is 17.1 Å². The molecule has 0 atom stereocenters. The lowest BCUT2D eigenvalue weighted by atomic mass is 10.2. The van der Waals surface area contributed by atoms with Crippen molar-refractivity contribution < 1.29 is 19.4 Å². The average molecular weight is 314 g/mol. The summed E-state index contributed by atoms with van der Waals surface area (Å²) in [6.45, 7) is 0. The molecule has 0 fully saturated rings. The van der Waals surface area contributed by atoms with Gasteiger partial charge in [0.1, 0.15) is 5.75 Å². The van der Waals surface area contributed by atoms with Crippen molar-refractivity contribution in [2.75, 3.05) is 0 Å². The van der Waals surface area contributed by atoms with Gasteiger partial charge in [-0.25, -0.2) is 4.79 Å². The second-order valence-electron chi connectivity index (χ2n) is 4.36. The summed E-state index contributed by atoms with van der Waals surface area (Å²) < 4.78 is 4.97. The Morgan fingerprint density at radius 1 is 0.957 bits per heavy atom. The second-order valence-corrected chi connectivity index (χ2v) is 4.36. The van der Waals surface area contributed by atoms with Gasteiger partial charge < -0.3 is 4.74 Å². The highest BCUT2D eigenvalue weighted by Crippen LogP contribution is 2.18. The van der Waals surface area contributed by atoms with E-state index in [2.05, 4.69) is 0 Å². The Hall–Kier alpha value is -3.55. The number of nitrogens with zero attached hydrogens (tertiary/aromatic N) is 2. The number of hydrogen-bond acceptors (Lipinski definition) is 6. The molecular weight excluding hydrogens is 304 g/mol. The van der Waals surface area contributed by atoms with Crippen LogP contribution in [-0.2, 0) is 4.79 Å². The molecule has 0 unspecified atom stereocenters. The van der Waals surface area contributed by atoms with Gasteiger partial charge >= 0.3 is 5.97 Å². The predicted molar refractivity (Wildman–Crippen MR) is 80.9 cm³/mol. The first-order valence-electron chi connectivity index (χ1n) is 6.34. The predicted octanol–water partition coefficient (Wildman–Crippen LogP) is 3.12. The van der Waals surface area contributed by atoms with Gasteiger partial charge in [0.25, 0.3) is 11.4 Å². The Bertz CT molecular complexity index is 783. The van der Waals surface area contributed by atoms with Crippen molar-refractivity contribution in [1.82, 2.24) is 0 Å². The molecule has 0 bridgehead atoms. The number of carbonyl (C=O) groups excluding carboxylic acids is 1. The smallest absolute Gasteiger partial charge is 0.336 e. The monoisotopic (exact) mass is 314 g/mol. The minimum absolute atomic E-state index is 0.0871. The largest absolute Gasteiger partial charge is 0.423 e.